The molecule has 3 aromatic rings. The first-order valence-corrected chi connectivity index (χ1v) is 9.09. The predicted molar refractivity (Wildman–Crippen MR) is 85.5 cm³/mol. The average Bonchev–Trinajstić information content (AvgIpc) is 3.27. The minimum absolute atomic E-state index is 0.0352. The van der Waals surface area contributed by atoms with Crippen molar-refractivity contribution < 1.29 is 17.9 Å². The van der Waals surface area contributed by atoms with E-state index in [1.54, 1.807) is 29.6 Å². The third kappa shape index (κ3) is 3.20. The van der Waals surface area contributed by atoms with E-state index in [1.165, 1.54) is 42.1 Å². The van der Waals surface area contributed by atoms with Crippen molar-refractivity contribution in [2.24, 2.45) is 0 Å². The summed E-state index contributed by atoms with van der Waals surface area (Å²) in [5.41, 5.74) is -1.58. The fraction of sp³-hybridized carbons (Fsp3) is 0.133. The van der Waals surface area contributed by atoms with Crippen LogP contribution in [0, 0.1) is 0 Å². The van der Waals surface area contributed by atoms with Crippen molar-refractivity contribution in [1.82, 2.24) is 9.71 Å². The van der Waals surface area contributed by atoms with Crippen LogP contribution in [0.2, 0.25) is 0 Å². The maximum absolute atomic E-state index is 12.3. The number of hydrogen-bond donors (Lipinski definition) is 2. The first-order valence-electron chi connectivity index (χ1n) is 6.72. The van der Waals surface area contributed by atoms with E-state index in [1.807, 2.05) is 0 Å². The maximum atomic E-state index is 12.3. The van der Waals surface area contributed by atoms with Crippen LogP contribution in [0.3, 0.4) is 0 Å². The molecule has 0 amide bonds. The second-order valence-electron chi connectivity index (χ2n) is 4.83. The molecule has 0 aliphatic heterocycles. The molecule has 1 atom stereocenters. The Morgan fingerprint density at radius 3 is 2.74 bits per heavy atom. The van der Waals surface area contributed by atoms with Crippen LogP contribution in [0.25, 0.3) is 0 Å². The zero-order chi connectivity index (χ0) is 16.3. The lowest BCUT2D eigenvalue weighted by Gasteiger charge is -2.25. The molecule has 0 aromatic carbocycles. The smallest absolute Gasteiger partial charge is 0.242 e. The number of hydrogen-bond acceptors (Lipinski definition) is 6. The van der Waals surface area contributed by atoms with Crippen molar-refractivity contribution in [3.05, 3.63) is 71.1 Å². The molecule has 0 spiro atoms. The number of furan rings is 1. The van der Waals surface area contributed by atoms with Gasteiger partial charge in [-0.3, -0.25) is 4.98 Å². The van der Waals surface area contributed by atoms with Crippen molar-refractivity contribution in [3.8, 4) is 0 Å². The number of nitrogens with zero attached hydrogens (tertiary/aromatic N) is 1. The van der Waals surface area contributed by atoms with Crippen LogP contribution in [0.1, 0.15) is 10.6 Å². The minimum atomic E-state index is -3.79. The van der Waals surface area contributed by atoms with Crippen LogP contribution in [0.15, 0.2) is 69.7 Å². The monoisotopic (exact) mass is 350 g/mol. The van der Waals surface area contributed by atoms with E-state index in [-0.39, 0.29) is 17.2 Å². The molecule has 3 rings (SSSR count). The van der Waals surface area contributed by atoms with E-state index >= 15 is 0 Å². The fourth-order valence-corrected chi connectivity index (χ4v) is 3.96. The molecule has 23 heavy (non-hydrogen) atoms. The first kappa shape index (κ1) is 15.9. The van der Waals surface area contributed by atoms with E-state index in [0.717, 1.165) is 0 Å². The number of thiophene rings is 1. The third-order valence-electron chi connectivity index (χ3n) is 3.32. The second-order valence-corrected chi connectivity index (χ2v) is 7.54. The predicted octanol–water partition coefficient (Wildman–Crippen LogP) is 1.95. The number of sulfonamides is 1. The molecule has 0 unspecified atom stereocenters. The summed E-state index contributed by atoms with van der Waals surface area (Å²) >= 11 is 1.32. The average molecular weight is 350 g/mol. The summed E-state index contributed by atoms with van der Waals surface area (Å²) in [5.74, 6) is 0.272. The van der Waals surface area contributed by atoms with E-state index in [0.29, 0.717) is 4.88 Å². The van der Waals surface area contributed by atoms with E-state index in [4.69, 9.17) is 4.42 Å². The van der Waals surface area contributed by atoms with E-state index in [2.05, 4.69) is 9.71 Å². The molecule has 3 heterocycles. The summed E-state index contributed by atoms with van der Waals surface area (Å²) in [4.78, 5) is 4.42. The highest BCUT2D eigenvalue weighted by Crippen LogP contribution is 2.33. The maximum Gasteiger partial charge on any atom is 0.242 e. The summed E-state index contributed by atoms with van der Waals surface area (Å²) in [6.07, 6.45) is 4.17. The van der Waals surface area contributed by atoms with Gasteiger partial charge in [0.15, 0.2) is 5.60 Å². The molecule has 0 aliphatic rings. The standard InChI is InChI=1S/C15H14N2O4S2/c18-15(13-5-2-8-21-13,14-6-3-9-22-14)11-17-23(19,20)12-4-1-7-16-10-12/h1-10,17-18H,11H2/t15-/m1/s1. The van der Waals surface area contributed by atoms with Crippen molar-refractivity contribution in [2.75, 3.05) is 6.54 Å². The number of aromatic nitrogens is 1. The molecule has 0 aliphatic carbocycles. The quantitative estimate of drug-likeness (QED) is 0.709. The van der Waals surface area contributed by atoms with Crippen molar-refractivity contribution in [3.63, 3.8) is 0 Å². The van der Waals surface area contributed by atoms with Gasteiger partial charge in [-0.2, -0.15) is 0 Å². The Morgan fingerprint density at radius 2 is 2.13 bits per heavy atom. The second kappa shape index (κ2) is 6.25. The SMILES string of the molecule is O=S(=O)(NC[C@@](O)(c1ccco1)c1cccs1)c1cccnc1. The van der Waals surface area contributed by atoms with Gasteiger partial charge in [-0.05, 0) is 35.7 Å². The zero-order valence-corrected chi connectivity index (χ0v) is 13.5. The Balaban J connectivity index is 1.89. The van der Waals surface area contributed by atoms with Gasteiger partial charge in [0.25, 0.3) is 0 Å². The number of pyridine rings is 1. The lowest BCUT2D eigenvalue weighted by atomic mass is 9.99. The molecular formula is C15H14N2O4S2. The molecule has 6 nitrogen and oxygen atoms in total. The summed E-state index contributed by atoms with van der Waals surface area (Å²) in [7, 11) is -3.79. The molecule has 2 N–H and O–H groups in total. The van der Waals surface area contributed by atoms with Gasteiger partial charge in [0, 0.05) is 17.3 Å². The Labute approximate surface area is 137 Å². The van der Waals surface area contributed by atoms with Gasteiger partial charge in [-0.15, -0.1) is 11.3 Å². The molecule has 0 saturated carbocycles. The van der Waals surface area contributed by atoms with Gasteiger partial charge in [0.1, 0.15) is 10.7 Å². The highest BCUT2D eigenvalue weighted by atomic mass is 32.2. The Bertz CT molecular complexity index is 810. The van der Waals surface area contributed by atoms with Gasteiger partial charge in [0.05, 0.1) is 12.8 Å². The Morgan fingerprint density at radius 1 is 1.26 bits per heavy atom. The molecule has 0 fully saturated rings. The lowest BCUT2D eigenvalue weighted by Crippen LogP contribution is -2.40. The van der Waals surface area contributed by atoms with Gasteiger partial charge >= 0.3 is 0 Å². The summed E-state index contributed by atoms with van der Waals surface area (Å²) in [5, 5.41) is 12.8. The van der Waals surface area contributed by atoms with Crippen LogP contribution in [-0.4, -0.2) is 25.1 Å². The van der Waals surface area contributed by atoms with Gasteiger partial charge in [0.2, 0.25) is 10.0 Å². The van der Waals surface area contributed by atoms with Crippen LogP contribution < -0.4 is 4.72 Å². The number of rotatable bonds is 6. The molecule has 0 bridgehead atoms. The first-order chi connectivity index (χ1) is 11.0. The van der Waals surface area contributed by atoms with E-state index in [9.17, 15) is 13.5 Å². The summed E-state index contributed by atoms with van der Waals surface area (Å²) in [6, 6.07) is 9.73. The molecule has 3 aromatic heterocycles. The summed E-state index contributed by atoms with van der Waals surface area (Å²) < 4.78 is 32.4. The number of nitrogens with one attached hydrogen (secondary N) is 1. The molecule has 8 heteroatoms. The Kier molecular flexibility index (Phi) is 4.31. The van der Waals surface area contributed by atoms with Crippen LogP contribution in [0.4, 0.5) is 0 Å². The van der Waals surface area contributed by atoms with Crippen LogP contribution in [0.5, 0.6) is 0 Å². The highest BCUT2D eigenvalue weighted by Gasteiger charge is 2.37. The third-order valence-corrected chi connectivity index (χ3v) is 5.73. The molecular weight excluding hydrogens is 336 g/mol. The highest BCUT2D eigenvalue weighted by molar-refractivity contribution is 7.89. The summed E-state index contributed by atoms with van der Waals surface area (Å²) in [6.45, 7) is -0.252. The minimum Gasteiger partial charge on any atom is -0.466 e. The fourth-order valence-electron chi connectivity index (χ4n) is 2.11. The zero-order valence-electron chi connectivity index (χ0n) is 11.9. The van der Waals surface area contributed by atoms with Gasteiger partial charge in [-0.25, -0.2) is 13.1 Å². The van der Waals surface area contributed by atoms with Crippen molar-refractivity contribution in [2.45, 2.75) is 10.5 Å². The van der Waals surface area contributed by atoms with Crippen molar-refractivity contribution in [1.29, 1.82) is 0 Å². The van der Waals surface area contributed by atoms with E-state index < -0.39 is 15.6 Å². The topological polar surface area (TPSA) is 92.4 Å². The molecule has 120 valence electrons. The van der Waals surface area contributed by atoms with Crippen molar-refractivity contribution >= 4 is 21.4 Å². The molecule has 0 saturated heterocycles. The number of aliphatic hydroxyl groups is 1. The largest absolute Gasteiger partial charge is 0.466 e. The van der Waals surface area contributed by atoms with Gasteiger partial charge < -0.3 is 9.52 Å². The van der Waals surface area contributed by atoms with Gasteiger partial charge in [-0.1, -0.05) is 6.07 Å². The van der Waals surface area contributed by atoms with Crippen LogP contribution >= 0.6 is 11.3 Å². The Hall–Kier alpha value is -2.00. The van der Waals surface area contributed by atoms with Crippen LogP contribution in [-0.2, 0) is 15.6 Å². The molecule has 0 radical (unpaired) electrons. The normalized spacial score (nSPS) is 14.5. The lowest BCUT2D eigenvalue weighted by molar-refractivity contribution is 0.0655.